The van der Waals surface area contributed by atoms with E-state index in [0.29, 0.717) is 28.3 Å². The third-order valence-corrected chi connectivity index (χ3v) is 13.4. The molecule has 3 nitrogen and oxygen atoms in total. The van der Waals surface area contributed by atoms with Crippen molar-refractivity contribution in [3.05, 3.63) is 12.1 Å². The Morgan fingerprint density at radius 1 is 0.912 bits per heavy atom. The minimum absolute atomic E-state index is 0.223. The molecular formula is C30H49BO3. The van der Waals surface area contributed by atoms with Crippen molar-refractivity contribution in [2.45, 2.75) is 117 Å². The largest absolute Gasteiger partial charge is 0.486 e. The molecule has 1 saturated heterocycles. The molecular weight excluding hydrogens is 419 g/mol. The summed E-state index contributed by atoms with van der Waals surface area (Å²) in [6.45, 7) is 16.4. The van der Waals surface area contributed by atoms with E-state index in [1.54, 1.807) is 0 Å². The van der Waals surface area contributed by atoms with Crippen molar-refractivity contribution in [1.29, 1.82) is 0 Å². The van der Waals surface area contributed by atoms with E-state index in [1.165, 1.54) is 51.4 Å². The molecule has 6 aliphatic rings. The van der Waals surface area contributed by atoms with Gasteiger partial charge in [-0.3, -0.25) is 0 Å². The zero-order valence-electron chi connectivity index (χ0n) is 23.2. The summed E-state index contributed by atoms with van der Waals surface area (Å²) in [5.74, 6) is 7.16. The molecule has 1 heterocycles. The summed E-state index contributed by atoms with van der Waals surface area (Å²) in [5.41, 5.74) is 1.00. The summed E-state index contributed by atoms with van der Waals surface area (Å²) in [6, 6.07) is 0. The molecule has 5 aliphatic carbocycles. The Labute approximate surface area is 209 Å². The fourth-order valence-corrected chi connectivity index (χ4v) is 10.9. The minimum atomic E-state index is -0.263. The highest BCUT2D eigenvalue weighted by Gasteiger charge is 2.77. The molecule has 0 N–H and O–H groups in total. The molecule has 6 rings (SSSR count). The molecule has 1 aliphatic heterocycles. The van der Waals surface area contributed by atoms with Crippen LogP contribution >= 0.6 is 0 Å². The highest BCUT2D eigenvalue weighted by molar-refractivity contribution is 6.51. The second-order valence-corrected chi connectivity index (χ2v) is 14.8. The summed E-state index contributed by atoms with van der Waals surface area (Å²) >= 11 is 0. The Kier molecular flexibility index (Phi) is 5.22. The molecule has 0 aromatic rings. The van der Waals surface area contributed by atoms with Crippen LogP contribution in [0.15, 0.2) is 12.1 Å². The van der Waals surface area contributed by atoms with Crippen LogP contribution < -0.4 is 0 Å². The fraction of sp³-hybridized carbons (Fsp3) is 0.933. The number of rotatable bonds is 4. The Balaban J connectivity index is 1.20. The lowest BCUT2D eigenvalue weighted by Crippen LogP contribution is -2.57. The molecule has 34 heavy (non-hydrogen) atoms. The molecule has 0 bridgehead atoms. The highest BCUT2D eigenvalue weighted by atomic mass is 16.7. The molecule has 190 valence electrons. The predicted molar refractivity (Wildman–Crippen MR) is 138 cm³/mol. The van der Waals surface area contributed by atoms with E-state index in [4.69, 9.17) is 14.0 Å². The first kappa shape index (κ1) is 24.0. The van der Waals surface area contributed by atoms with Crippen LogP contribution in [0.4, 0.5) is 0 Å². The first-order valence-corrected chi connectivity index (χ1v) is 14.5. The van der Waals surface area contributed by atoms with E-state index in [0.717, 1.165) is 29.6 Å². The fourth-order valence-electron chi connectivity index (χ4n) is 10.9. The van der Waals surface area contributed by atoms with Gasteiger partial charge < -0.3 is 14.0 Å². The summed E-state index contributed by atoms with van der Waals surface area (Å²) in [6.07, 6.45) is 14.3. The minimum Gasteiger partial charge on any atom is -0.400 e. The first-order valence-electron chi connectivity index (χ1n) is 14.5. The quantitative estimate of drug-likeness (QED) is 0.412. The summed E-state index contributed by atoms with van der Waals surface area (Å²) in [4.78, 5) is 0. The van der Waals surface area contributed by atoms with Gasteiger partial charge in [0.15, 0.2) is 0 Å². The normalized spacial score (nSPS) is 53.4. The van der Waals surface area contributed by atoms with Crippen LogP contribution in [0, 0.1) is 51.8 Å². The van der Waals surface area contributed by atoms with Crippen molar-refractivity contribution < 1.29 is 14.0 Å². The van der Waals surface area contributed by atoms with E-state index >= 15 is 0 Å². The van der Waals surface area contributed by atoms with Crippen molar-refractivity contribution in [3.8, 4) is 0 Å². The van der Waals surface area contributed by atoms with Crippen LogP contribution in [0.2, 0.25) is 0 Å². The average molecular weight is 469 g/mol. The van der Waals surface area contributed by atoms with Crippen molar-refractivity contribution in [2.24, 2.45) is 51.8 Å². The molecule has 0 aromatic carbocycles. The van der Waals surface area contributed by atoms with Crippen molar-refractivity contribution in [1.82, 2.24) is 0 Å². The molecule has 6 fully saturated rings. The molecule has 0 amide bonds. The maximum atomic E-state index is 6.31. The van der Waals surface area contributed by atoms with Crippen molar-refractivity contribution in [2.75, 3.05) is 7.11 Å². The molecule has 0 radical (unpaired) electrons. The number of methoxy groups -OCH3 is 1. The summed E-state index contributed by atoms with van der Waals surface area (Å²) < 4.78 is 18.8. The van der Waals surface area contributed by atoms with Gasteiger partial charge in [-0.05, 0) is 125 Å². The van der Waals surface area contributed by atoms with E-state index in [-0.39, 0.29) is 18.3 Å². The zero-order valence-corrected chi connectivity index (χ0v) is 23.2. The molecule has 4 heteroatoms. The standard InChI is InChI=1S/C30H49BO3/c1-19(13-16-31-33-26(2,3)27(4,5)34-31)22-9-10-23-21-17-25(32-8)30-18-20(30)11-15-29(30,7)24(21)12-14-28(22,23)6/h13,16,19-25H,9-12,14-15,17-18H2,1-8H3/b16-13+/t19-,20?,21+,22-,23+,24+,25?,28-,29-,30?/m1/s1. The second-order valence-electron chi connectivity index (χ2n) is 14.8. The SMILES string of the molecule is COC1C[C@H]2[C@@H]3CC[C@H]([C@H](C)/C=C/B4OC(C)(C)C(C)(C)O4)[C@@]3(C)CC[C@@H]2[C@@]2(C)CCC3CC312. The second kappa shape index (κ2) is 7.38. The molecule has 5 saturated carbocycles. The lowest BCUT2D eigenvalue weighted by atomic mass is 9.45. The Hall–Kier alpha value is -0.315. The van der Waals surface area contributed by atoms with Crippen LogP contribution in [0.1, 0.15) is 99.8 Å². The van der Waals surface area contributed by atoms with Crippen molar-refractivity contribution >= 4 is 7.12 Å². The number of allylic oxidation sites excluding steroid dienone is 1. The molecule has 3 unspecified atom stereocenters. The summed E-state index contributed by atoms with van der Waals surface area (Å²) in [7, 11) is 1.79. The maximum Gasteiger partial charge on any atom is 0.486 e. The van der Waals surface area contributed by atoms with Gasteiger partial charge in [0.05, 0.1) is 17.3 Å². The van der Waals surface area contributed by atoms with Gasteiger partial charge >= 0.3 is 7.12 Å². The van der Waals surface area contributed by atoms with Gasteiger partial charge in [0.2, 0.25) is 0 Å². The monoisotopic (exact) mass is 468 g/mol. The van der Waals surface area contributed by atoms with E-state index < -0.39 is 0 Å². The van der Waals surface area contributed by atoms with Crippen LogP contribution in [0.5, 0.6) is 0 Å². The molecule has 0 aromatic heterocycles. The zero-order chi connectivity index (χ0) is 24.3. The van der Waals surface area contributed by atoms with Gasteiger partial charge in [0.25, 0.3) is 0 Å². The topological polar surface area (TPSA) is 27.7 Å². The van der Waals surface area contributed by atoms with Crippen molar-refractivity contribution in [3.63, 3.8) is 0 Å². The Morgan fingerprint density at radius 2 is 1.62 bits per heavy atom. The van der Waals surface area contributed by atoms with Crippen LogP contribution in [-0.4, -0.2) is 31.5 Å². The first-order chi connectivity index (χ1) is 15.9. The van der Waals surface area contributed by atoms with E-state index in [9.17, 15) is 0 Å². The van der Waals surface area contributed by atoms with Gasteiger partial charge in [-0.1, -0.05) is 32.8 Å². The third kappa shape index (κ3) is 2.94. The van der Waals surface area contributed by atoms with E-state index in [1.807, 2.05) is 7.11 Å². The van der Waals surface area contributed by atoms with Gasteiger partial charge in [0, 0.05) is 12.5 Å². The van der Waals surface area contributed by atoms with Crippen LogP contribution in [0.3, 0.4) is 0 Å². The van der Waals surface area contributed by atoms with Gasteiger partial charge in [0.1, 0.15) is 0 Å². The van der Waals surface area contributed by atoms with Crippen LogP contribution in [0.25, 0.3) is 0 Å². The number of hydrogen-bond donors (Lipinski definition) is 0. The predicted octanol–water partition coefficient (Wildman–Crippen LogP) is 7.09. The number of ether oxygens (including phenoxy) is 1. The number of fused-ring (bicyclic) bond motifs is 4. The lowest BCUT2D eigenvalue weighted by Gasteiger charge is -2.61. The number of hydrogen-bond acceptors (Lipinski definition) is 3. The Morgan fingerprint density at radius 3 is 2.26 bits per heavy atom. The highest BCUT2D eigenvalue weighted by Crippen LogP contribution is 2.82. The lowest BCUT2D eigenvalue weighted by molar-refractivity contribution is -0.160. The molecule has 10 atom stereocenters. The maximum absolute atomic E-state index is 6.31. The average Bonchev–Trinajstić information content (AvgIpc) is 3.17. The van der Waals surface area contributed by atoms with Gasteiger partial charge in [-0.15, -0.1) is 0 Å². The molecule has 1 spiro atoms. The van der Waals surface area contributed by atoms with Gasteiger partial charge in [-0.2, -0.15) is 0 Å². The summed E-state index contributed by atoms with van der Waals surface area (Å²) in [5, 5.41) is 0. The van der Waals surface area contributed by atoms with Crippen LogP contribution in [-0.2, 0) is 14.0 Å². The van der Waals surface area contributed by atoms with Gasteiger partial charge in [-0.25, -0.2) is 0 Å². The smallest absolute Gasteiger partial charge is 0.400 e. The Bertz CT molecular complexity index is 851. The van der Waals surface area contributed by atoms with E-state index in [2.05, 4.69) is 60.5 Å². The third-order valence-electron chi connectivity index (χ3n) is 13.4.